The lowest BCUT2D eigenvalue weighted by Crippen LogP contribution is -2.31. The van der Waals surface area contributed by atoms with Crippen molar-refractivity contribution in [3.05, 3.63) is 47.5 Å². The summed E-state index contributed by atoms with van der Waals surface area (Å²) in [6.07, 6.45) is 2.44. The third-order valence-electron chi connectivity index (χ3n) is 5.21. The average Bonchev–Trinajstić information content (AvgIpc) is 2.68. The molecule has 0 saturated heterocycles. The predicted molar refractivity (Wildman–Crippen MR) is 130 cm³/mol. The van der Waals surface area contributed by atoms with E-state index in [0.717, 1.165) is 34.2 Å². The molecular weight excluding hydrogens is 421 g/mol. The van der Waals surface area contributed by atoms with Crippen LogP contribution in [0.3, 0.4) is 0 Å². The molecule has 3 rings (SSSR count). The van der Waals surface area contributed by atoms with Gasteiger partial charge in [-0.05, 0) is 55.0 Å². The van der Waals surface area contributed by atoms with E-state index in [4.69, 9.17) is 0 Å². The summed E-state index contributed by atoms with van der Waals surface area (Å²) in [5.74, 6) is -0.286. The molecular formula is C25H30FN5O2. The molecule has 7 nitrogen and oxygen atoms in total. The molecule has 8 heteroatoms. The third kappa shape index (κ3) is 6.25. The number of carbonyl (C=O) groups is 2. The molecule has 0 fully saturated rings. The van der Waals surface area contributed by atoms with E-state index in [-0.39, 0.29) is 17.0 Å². The van der Waals surface area contributed by atoms with Crippen molar-refractivity contribution in [1.29, 1.82) is 0 Å². The maximum absolute atomic E-state index is 14.6. The molecule has 174 valence electrons. The number of fused-ring (bicyclic) bond motifs is 1. The molecule has 0 atom stereocenters. The van der Waals surface area contributed by atoms with Gasteiger partial charge in [-0.3, -0.25) is 9.78 Å². The summed E-state index contributed by atoms with van der Waals surface area (Å²) >= 11 is 0. The Bertz CT molecular complexity index is 1220. The minimum atomic E-state index is -0.504. The van der Waals surface area contributed by atoms with Crippen LogP contribution in [0.25, 0.3) is 22.0 Å². The van der Waals surface area contributed by atoms with Crippen molar-refractivity contribution < 1.29 is 14.0 Å². The van der Waals surface area contributed by atoms with Crippen LogP contribution in [0.15, 0.2) is 30.5 Å². The van der Waals surface area contributed by atoms with Gasteiger partial charge in [-0.1, -0.05) is 20.8 Å². The lowest BCUT2D eigenvalue weighted by atomic mass is 9.92. The fraction of sp³-hybridized carbons (Fsp3) is 0.360. The first-order valence-corrected chi connectivity index (χ1v) is 10.8. The van der Waals surface area contributed by atoms with Crippen LogP contribution in [0.5, 0.6) is 0 Å². The Morgan fingerprint density at radius 1 is 1.03 bits per heavy atom. The number of urea groups is 1. The van der Waals surface area contributed by atoms with Crippen molar-refractivity contribution >= 4 is 34.3 Å². The van der Waals surface area contributed by atoms with Crippen molar-refractivity contribution in [2.45, 2.75) is 48.0 Å². The Morgan fingerprint density at radius 3 is 2.42 bits per heavy atom. The lowest BCUT2D eigenvalue weighted by molar-refractivity contribution is -0.114. The van der Waals surface area contributed by atoms with Gasteiger partial charge in [-0.25, -0.2) is 14.2 Å². The van der Waals surface area contributed by atoms with Gasteiger partial charge in [0, 0.05) is 42.4 Å². The molecule has 3 amide bonds. The number of aryl methyl sites for hydroxylation is 2. The number of amides is 3. The number of nitrogens with zero attached hydrogens (tertiary/aromatic N) is 2. The number of hydrogen-bond acceptors (Lipinski definition) is 4. The van der Waals surface area contributed by atoms with E-state index in [0.29, 0.717) is 17.9 Å². The van der Waals surface area contributed by atoms with E-state index in [9.17, 15) is 14.0 Å². The van der Waals surface area contributed by atoms with Gasteiger partial charge in [0.05, 0.1) is 11.2 Å². The summed E-state index contributed by atoms with van der Waals surface area (Å²) in [6.45, 7) is 11.9. The van der Waals surface area contributed by atoms with Gasteiger partial charge in [-0.15, -0.1) is 0 Å². The molecule has 1 aromatic carbocycles. The number of hydrogen-bond donors (Lipinski definition) is 3. The van der Waals surface area contributed by atoms with Gasteiger partial charge in [-0.2, -0.15) is 0 Å². The Morgan fingerprint density at radius 2 is 1.76 bits per heavy atom. The Balaban J connectivity index is 1.90. The van der Waals surface area contributed by atoms with Crippen molar-refractivity contribution in [2.24, 2.45) is 5.41 Å². The van der Waals surface area contributed by atoms with Gasteiger partial charge in [0.2, 0.25) is 5.91 Å². The van der Waals surface area contributed by atoms with Crippen LogP contribution >= 0.6 is 0 Å². The zero-order chi connectivity index (χ0) is 24.3. The normalized spacial score (nSPS) is 11.4. The molecule has 0 aliphatic heterocycles. The van der Waals surface area contributed by atoms with Crippen LogP contribution in [0.4, 0.5) is 20.7 Å². The highest BCUT2D eigenvalue weighted by Crippen LogP contribution is 2.32. The second kappa shape index (κ2) is 9.52. The molecule has 3 aromatic rings. The third-order valence-corrected chi connectivity index (χ3v) is 5.21. The number of pyridine rings is 2. The van der Waals surface area contributed by atoms with Crippen molar-refractivity contribution in [1.82, 2.24) is 15.3 Å². The maximum Gasteiger partial charge on any atom is 0.319 e. The van der Waals surface area contributed by atoms with Gasteiger partial charge in [0.1, 0.15) is 11.6 Å². The Kier molecular flexibility index (Phi) is 6.95. The summed E-state index contributed by atoms with van der Waals surface area (Å²) in [4.78, 5) is 32.5. The van der Waals surface area contributed by atoms with E-state index >= 15 is 0 Å². The zero-order valence-corrected chi connectivity index (χ0v) is 19.9. The van der Waals surface area contributed by atoms with E-state index in [2.05, 4.69) is 46.7 Å². The number of nitrogens with one attached hydrogen (secondary N) is 3. The van der Waals surface area contributed by atoms with Crippen molar-refractivity contribution in [2.75, 3.05) is 17.2 Å². The molecule has 0 saturated carbocycles. The van der Waals surface area contributed by atoms with Crippen LogP contribution in [0.2, 0.25) is 0 Å². The summed E-state index contributed by atoms with van der Waals surface area (Å²) in [5.41, 5.74) is 3.91. The number of anilines is 2. The monoisotopic (exact) mass is 451 g/mol. The average molecular weight is 452 g/mol. The fourth-order valence-electron chi connectivity index (χ4n) is 3.46. The molecule has 0 spiro atoms. The minimum Gasteiger partial charge on any atom is -0.338 e. The van der Waals surface area contributed by atoms with E-state index < -0.39 is 11.8 Å². The van der Waals surface area contributed by atoms with Crippen LogP contribution in [0, 0.1) is 25.1 Å². The number of rotatable bonds is 5. The van der Waals surface area contributed by atoms with E-state index in [1.54, 1.807) is 18.3 Å². The van der Waals surface area contributed by atoms with E-state index in [1.165, 1.54) is 13.0 Å². The first kappa shape index (κ1) is 24.1. The van der Waals surface area contributed by atoms with Crippen LogP contribution < -0.4 is 16.0 Å². The summed E-state index contributed by atoms with van der Waals surface area (Å²) in [5, 5.41) is 8.82. The molecule has 0 radical (unpaired) electrons. The van der Waals surface area contributed by atoms with Gasteiger partial charge in [0.15, 0.2) is 0 Å². The molecule has 33 heavy (non-hydrogen) atoms. The molecule has 0 bridgehead atoms. The standard InChI is InChI=1S/C25H30FN5O2/c1-14-9-20(26)22(31-24(33)27-8-7-25(4,5)6)11-18(14)19-10-17-13-28-23(30-16(3)32)12-21(17)29-15(19)2/h9-13H,7-8H2,1-6H3,(H2,27,31,33)(H,28,30,32). The topological polar surface area (TPSA) is 96.0 Å². The highest BCUT2D eigenvalue weighted by molar-refractivity contribution is 5.93. The SMILES string of the molecule is CC(=O)Nc1cc2nc(C)c(-c3cc(NC(=O)NCCC(C)(C)C)c(F)cc3C)cc2cn1. The molecule has 0 unspecified atom stereocenters. The van der Waals surface area contributed by atoms with Crippen molar-refractivity contribution in [3.8, 4) is 11.1 Å². The Hall–Kier alpha value is -3.55. The molecule has 2 aromatic heterocycles. The second-order valence-corrected chi connectivity index (χ2v) is 9.40. The first-order chi connectivity index (χ1) is 15.4. The summed E-state index contributed by atoms with van der Waals surface area (Å²) in [6, 6.07) is 6.22. The van der Waals surface area contributed by atoms with Crippen LogP contribution in [-0.4, -0.2) is 28.5 Å². The minimum absolute atomic E-state index is 0.0912. The smallest absolute Gasteiger partial charge is 0.319 e. The maximum atomic E-state index is 14.6. The second-order valence-electron chi connectivity index (χ2n) is 9.40. The molecule has 0 aliphatic rings. The fourth-order valence-corrected chi connectivity index (χ4v) is 3.46. The largest absolute Gasteiger partial charge is 0.338 e. The zero-order valence-electron chi connectivity index (χ0n) is 19.9. The highest BCUT2D eigenvalue weighted by atomic mass is 19.1. The van der Waals surface area contributed by atoms with Gasteiger partial charge >= 0.3 is 6.03 Å². The highest BCUT2D eigenvalue weighted by Gasteiger charge is 2.16. The summed E-state index contributed by atoms with van der Waals surface area (Å²) < 4.78 is 14.6. The number of halogens is 1. The van der Waals surface area contributed by atoms with Gasteiger partial charge in [0.25, 0.3) is 0 Å². The van der Waals surface area contributed by atoms with Crippen molar-refractivity contribution in [3.63, 3.8) is 0 Å². The lowest BCUT2D eigenvalue weighted by Gasteiger charge is -2.18. The number of benzene rings is 1. The van der Waals surface area contributed by atoms with Crippen LogP contribution in [-0.2, 0) is 4.79 Å². The number of aromatic nitrogens is 2. The molecule has 0 aliphatic carbocycles. The molecule has 3 N–H and O–H groups in total. The van der Waals surface area contributed by atoms with E-state index in [1.807, 2.05) is 19.9 Å². The van der Waals surface area contributed by atoms with Crippen LogP contribution in [0.1, 0.15) is 45.4 Å². The number of carbonyl (C=O) groups excluding carboxylic acids is 2. The quantitative estimate of drug-likeness (QED) is 0.473. The molecule has 2 heterocycles. The van der Waals surface area contributed by atoms with Gasteiger partial charge < -0.3 is 16.0 Å². The Labute approximate surface area is 193 Å². The summed E-state index contributed by atoms with van der Waals surface area (Å²) in [7, 11) is 0. The predicted octanol–water partition coefficient (Wildman–Crippen LogP) is 5.57. The first-order valence-electron chi connectivity index (χ1n) is 10.8.